The van der Waals surface area contributed by atoms with Crippen LogP contribution in [0.2, 0.25) is 0 Å². The largest absolute Gasteiger partial charge is 0.367 e. The van der Waals surface area contributed by atoms with Crippen molar-refractivity contribution in [3.05, 3.63) is 12.1 Å². The third kappa shape index (κ3) is 3.47. The zero-order valence-electron chi connectivity index (χ0n) is 12.7. The fourth-order valence-corrected chi connectivity index (χ4v) is 2.98. The van der Waals surface area contributed by atoms with E-state index in [1.165, 1.54) is 37.0 Å². The van der Waals surface area contributed by atoms with Crippen LogP contribution in [-0.4, -0.2) is 55.8 Å². The van der Waals surface area contributed by atoms with Crippen molar-refractivity contribution in [1.82, 2.24) is 30.2 Å². The summed E-state index contributed by atoms with van der Waals surface area (Å²) in [7, 11) is 0. The first-order valence-electron chi connectivity index (χ1n) is 7.76. The maximum absolute atomic E-state index is 4.36. The molecule has 2 aromatic rings. The third-order valence-corrected chi connectivity index (χ3v) is 3.99. The lowest BCUT2D eigenvalue weighted by atomic mass is 10.0. The fraction of sp³-hybridized carbons (Fsp3) is 0.714. The summed E-state index contributed by atoms with van der Waals surface area (Å²) < 4.78 is 1.45. The molecule has 0 saturated carbocycles. The molecule has 1 aliphatic heterocycles. The monoisotopic (exact) mass is 289 g/mol. The maximum atomic E-state index is 4.36. The highest BCUT2D eigenvalue weighted by Crippen LogP contribution is 2.18. The minimum absolute atomic E-state index is 0.568. The van der Waals surface area contributed by atoms with Crippen molar-refractivity contribution in [2.45, 2.75) is 39.2 Å². The second-order valence-electron chi connectivity index (χ2n) is 6.15. The zero-order valence-corrected chi connectivity index (χ0v) is 12.7. The normalized spacial score (nSPS) is 17.7. The number of nitrogens with one attached hydrogen (secondary N) is 1. The molecule has 21 heavy (non-hydrogen) atoms. The lowest BCUT2D eigenvalue weighted by Gasteiger charge is -2.29. The summed E-state index contributed by atoms with van der Waals surface area (Å²) in [5.74, 6) is 1.52. The fourth-order valence-electron chi connectivity index (χ4n) is 2.98. The van der Waals surface area contributed by atoms with Gasteiger partial charge in [-0.2, -0.15) is 0 Å². The highest BCUT2D eigenvalue weighted by Gasteiger charge is 2.22. The van der Waals surface area contributed by atoms with E-state index < -0.39 is 0 Å². The second-order valence-corrected chi connectivity index (χ2v) is 6.15. The summed E-state index contributed by atoms with van der Waals surface area (Å²) in [5, 5.41) is 19.1. The molecule has 7 nitrogen and oxygen atoms in total. The van der Waals surface area contributed by atoms with Crippen LogP contribution in [0.4, 0.5) is 5.82 Å². The van der Waals surface area contributed by atoms with Crippen molar-refractivity contribution >= 4 is 11.5 Å². The summed E-state index contributed by atoms with van der Waals surface area (Å²) in [6.07, 6.45) is 3.85. The van der Waals surface area contributed by atoms with E-state index in [0.29, 0.717) is 17.6 Å². The number of nitrogens with zero attached hydrogens (tertiary/aromatic N) is 6. The molecule has 1 fully saturated rings. The smallest absolute Gasteiger partial charge is 0.200 e. The van der Waals surface area contributed by atoms with Gasteiger partial charge < -0.3 is 5.32 Å². The van der Waals surface area contributed by atoms with Crippen LogP contribution in [0.25, 0.3) is 5.65 Å². The Morgan fingerprint density at radius 3 is 2.81 bits per heavy atom. The van der Waals surface area contributed by atoms with E-state index in [4.69, 9.17) is 0 Å². The van der Waals surface area contributed by atoms with E-state index in [0.717, 1.165) is 12.4 Å². The van der Waals surface area contributed by atoms with Gasteiger partial charge in [-0.25, -0.2) is 0 Å². The SMILES string of the molecule is CC(C)C[C@H](CNc1ccc2nnnn2n1)N1CCCC1. The number of fused-ring (bicyclic) bond motifs is 1. The molecule has 0 amide bonds. The van der Waals surface area contributed by atoms with Gasteiger partial charge in [-0.05, 0) is 60.8 Å². The first-order valence-corrected chi connectivity index (χ1v) is 7.76. The molecule has 114 valence electrons. The summed E-state index contributed by atoms with van der Waals surface area (Å²) in [4.78, 5) is 2.60. The molecular weight excluding hydrogens is 266 g/mol. The quantitative estimate of drug-likeness (QED) is 0.867. The molecule has 0 spiro atoms. The van der Waals surface area contributed by atoms with E-state index in [9.17, 15) is 0 Å². The van der Waals surface area contributed by atoms with E-state index in [2.05, 4.69) is 44.7 Å². The number of hydrogen-bond acceptors (Lipinski definition) is 6. The van der Waals surface area contributed by atoms with Crippen LogP contribution >= 0.6 is 0 Å². The number of aromatic nitrogens is 5. The molecule has 0 aromatic carbocycles. The van der Waals surface area contributed by atoms with Crippen LogP contribution in [0.15, 0.2) is 12.1 Å². The summed E-state index contributed by atoms with van der Waals surface area (Å²) >= 11 is 0. The Morgan fingerprint density at radius 2 is 2.05 bits per heavy atom. The van der Waals surface area contributed by atoms with Crippen LogP contribution in [-0.2, 0) is 0 Å². The Balaban J connectivity index is 1.64. The lowest BCUT2D eigenvalue weighted by molar-refractivity contribution is 0.222. The average Bonchev–Trinajstić information content (AvgIpc) is 3.13. The molecule has 1 aliphatic rings. The van der Waals surface area contributed by atoms with Crippen molar-refractivity contribution in [3.8, 4) is 0 Å². The van der Waals surface area contributed by atoms with E-state index in [1.807, 2.05) is 12.1 Å². The Kier molecular flexibility index (Phi) is 4.28. The number of rotatable bonds is 6. The molecular formula is C14H23N7. The Hall–Kier alpha value is -1.76. The minimum atomic E-state index is 0.568. The minimum Gasteiger partial charge on any atom is -0.367 e. The van der Waals surface area contributed by atoms with E-state index in [-0.39, 0.29) is 0 Å². The molecule has 3 heterocycles. The number of anilines is 1. The number of hydrogen-bond donors (Lipinski definition) is 1. The van der Waals surface area contributed by atoms with Gasteiger partial charge in [0.15, 0.2) is 5.65 Å². The predicted molar refractivity (Wildman–Crippen MR) is 81.1 cm³/mol. The average molecular weight is 289 g/mol. The topological polar surface area (TPSA) is 71.2 Å². The molecule has 3 rings (SSSR count). The number of likely N-dealkylation sites (tertiary alicyclic amines) is 1. The highest BCUT2D eigenvalue weighted by molar-refractivity contribution is 5.42. The van der Waals surface area contributed by atoms with E-state index >= 15 is 0 Å². The standard InChI is InChI=1S/C14H23N7/c1-11(2)9-12(20-7-3-4-8-20)10-15-13-5-6-14-16-18-19-21(14)17-13/h5-6,11-12H,3-4,7-10H2,1-2H3,(H,15,17)/t12-/m1/s1. The van der Waals surface area contributed by atoms with Gasteiger partial charge in [0.1, 0.15) is 5.82 Å². The van der Waals surface area contributed by atoms with Crippen molar-refractivity contribution in [2.75, 3.05) is 25.0 Å². The first-order chi connectivity index (χ1) is 10.2. The van der Waals surface area contributed by atoms with Gasteiger partial charge in [-0.1, -0.05) is 13.8 Å². The number of tetrazole rings is 1. The van der Waals surface area contributed by atoms with Gasteiger partial charge in [0.2, 0.25) is 0 Å². The van der Waals surface area contributed by atoms with Gasteiger partial charge in [-0.15, -0.1) is 14.8 Å². The predicted octanol–water partition coefficient (Wildman–Crippen LogP) is 1.44. The van der Waals surface area contributed by atoms with Crippen molar-refractivity contribution in [1.29, 1.82) is 0 Å². The van der Waals surface area contributed by atoms with Crippen LogP contribution in [0.1, 0.15) is 33.1 Å². The zero-order chi connectivity index (χ0) is 14.7. The second kappa shape index (κ2) is 6.34. The van der Waals surface area contributed by atoms with Gasteiger partial charge >= 0.3 is 0 Å². The maximum Gasteiger partial charge on any atom is 0.200 e. The molecule has 1 N–H and O–H groups in total. The van der Waals surface area contributed by atoms with Gasteiger partial charge in [0.05, 0.1) is 0 Å². The van der Waals surface area contributed by atoms with Crippen molar-refractivity contribution < 1.29 is 0 Å². The molecule has 1 saturated heterocycles. The van der Waals surface area contributed by atoms with Crippen molar-refractivity contribution in [3.63, 3.8) is 0 Å². The first kappa shape index (κ1) is 14.2. The third-order valence-electron chi connectivity index (χ3n) is 3.99. The molecule has 0 unspecified atom stereocenters. The highest BCUT2D eigenvalue weighted by atomic mass is 15.6. The molecule has 0 radical (unpaired) electrons. The van der Waals surface area contributed by atoms with Crippen molar-refractivity contribution in [2.24, 2.45) is 5.92 Å². The van der Waals surface area contributed by atoms with Crippen LogP contribution in [0.5, 0.6) is 0 Å². The van der Waals surface area contributed by atoms with E-state index in [1.54, 1.807) is 0 Å². The summed E-state index contributed by atoms with van der Waals surface area (Å²) in [6, 6.07) is 4.38. The van der Waals surface area contributed by atoms with Gasteiger partial charge in [0.25, 0.3) is 0 Å². The van der Waals surface area contributed by atoms with Crippen LogP contribution in [0, 0.1) is 5.92 Å². The van der Waals surface area contributed by atoms with Gasteiger partial charge in [0, 0.05) is 12.6 Å². The summed E-state index contributed by atoms with van der Waals surface area (Å²) in [5.41, 5.74) is 0.666. The molecule has 7 heteroatoms. The molecule has 1 atom stereocenters. The molecule has 0 aliphatic carbocycles. The Labute approximate surface area is 124 Å². The Bertz CT molecular complexity index is 573. The molecule has 0 bridgehead atoms. The Morgan fingerprint density at radius 1 is 1.24 bits per heavy atom. The van der Waals surface area contributed by atoms with Crippen LogP contribution in [0.3, 0.4) is 0 Å². The van der Waals surface area contributed by atoms with Crippen LogP contribution < -0.4 is 5.32 Å². The van der Waals surface area contributed by atoms with Gasteiger partial charge in [-0.3, -0.25) is 4.90 Å². The lowest BCUT2D eigenvalue weighted by Crippen LogP contribution is -2.39. The molecule has 2 aromatic heterocycles. The summed E-state index contributed by atoms with van der Waals surface area (Å²) in [6.45, 7) is 7.93.